The van der Waals surface area contributed by atoms with Gasteiger partial charge in [-0.05, 0) is 190 Å². The van der Waals surface area contributed by atoms with Crippen LogP contribution in [0.2, 0.25) is 0 Å². The largest absolute Gasteiger partial charge is 0.330 e. The van der Waals surface area contributed by atoms with Crippen molar-refractivity contribution in [1.29, 1.82) is 0 Å². The summed E-state index contributed by atoms with van der Waals surface area (Å²) < 4.78 is 2.14. The molecule has 17 rings (SSSR count). The molecule has 2 nitrogen and oxygen atoms in total. The molecule has 12 aliphatic carbocycles. The van der Waals surface area contributed by atoms with Crippen molar-refractivity contribution in [3.8, 4) is 11.1 Å². The first-order valence-electron chi connectivity index (χ1n) is 22.0. The molecule has 2 heteroatoms. The van der Waals surface area contributed by atoms with Crippen molar-refractivity contribution < 1.29 is 8.97 Å². The number of rotatable bonds is 6. The molecule has 10 atom stereocenters. The van der Waals surface area contributed by atoms with Crippen LogP contribution in [0.3, 0.4) is 0 Å². The van der Waals surface area contributed by atoms with Gasteiger partial charge in [0.2, 0.25) is 0 Å². The van der Waals surface area contributed by atoms with Crippen molar-refractivity contribution in [3.05, 3.63) is 103 Å². The Hall–Kier alpha value is -3.72. The maximum atomic E-state index is 2.85. The molecule has 5 aromatic rings. The van der Waals surface area contributed by atoms with Crippen molar-refractivity contribution in [3.63, 3.8) is 0 Å². The van der Waals surface area contributed by atoms with Gasteiger partial charge in [0.1, 0.15) is 6.54 Å². The highest BCUT2D eigenvalue weighted by Crippen LogP contribution is 2.84. The van der Waals surface area contributed by atoms with Crippen molar-refractivity contribution in [2.75, 3.05) is 48.3 Å². The number of fused-ring (bicyclic) bond motifs is 5. The van der Waals surface area contributed by atoms with Gasteiger partial charge in [-0.3, -0.25) is 0 Å². The van der Waals surface area contributed by atoms with Crippen LogP contribution < -0.4 is 0 Å². The Morgan fingerprint density at radius 3 is 2.17 bits per heavy atom. The third kappa shape index (κ3) is 2.39. The predicted molar refractivity (Wildman–Crippen MR) is 218 cm³/mol. The molecule has 0 spiro atoms. The van der Waals surface area contributed by atoms with Gasteiger partial charge in [-0.2, -0.15) is 0 Å². The molecule has 0 saturated carbocycles. The van der Waals surface area contributed by atoms with E-state index in [-0.39, 0.29) is 5.41 Å². The first kappa shape index (κ1) is 27.8. The number of quaternary nitrogens is 2. The zero-order valence-corrected chi connectivity index (χ0v) is 32.4. The zero-order valence-electron chi connectivity index (χ0n) is 32.4. The van der Waals surface area contributed by atoms with Gasteiger partial charge in [0.05, 0.1) is 53.7 Å². The summed E-state index contributed by atoms with van der Waals surface area (Å²) >= 11 is 0. The quantitative estimate of drug-likeness (QED) is 0.120. The molecule has 12 aliphatic rings. The smallest absolute Gasteiger partial charge is 0.104 e. The molecule has 5 aromatic carbocycles. The maximum absolute atomic E-state index is 2.85. The van der Waals surface area contributed by atoms with Gasteiger partial charge in [-0.15, -0.1) is 0 Å². The molecule has 0 heterocycles. The minimum absolute atomic E-state index is 0.121. The Balaban J connectivity index is 1.10. The van der Waals surface area contributed by atoms with E-state index in [9.17, 15) is 0 Å². The minimum Gasteiger partial charge on any atom is -0.330 e. The fourth-order valence-corrected chi connectivity index (χ4v) is 18.8. The molecule has 0 aromatic heterocycles. The Kier molecular flexibility index (Phi) is 3.95. The van der Waals surface area contributed by atoms with Gasteiger partial charge in [0, 0.05) is 23.3 Å². The highest BCUT2D eigenvalue weighted by molar-refractivity contribution is 6.41. The second-order valence-corrected chi connectivity index (χ2v) is 22.7. The highest BCUT2D eigenvalue weighted by atomic mass is 15.3. The standard InChI is InChI=1S/C52H48N2/c1-53(2,3)19-22-15-31-29-16-27-25-13-11-24-23-12-14-26-28-17-30-32(22)50-48-39(30)37(28)42-35(26)33(23)41-34(24)36(25)43-38(27)40(29)51(49-46(43)44(41)45(42)47(48)49)52(31,50)20-54(4,5)18-21-9-7-6-8-10-21/h6-10,13,22-24,26-31H,11-12,14-20H2,1-5H3/q+2. The molecule has 0 N–H and O–H groups in total. The number of likely N-dealkylation sites (N-methyl/N-ethyl adjacent to an activating group) is 1. The number of hydrogen-bond acceptors (Lipinski definition) is 0. The summed E-state index contributed by atoms with van der Waals surface area (Å²) in [5.74, 6) is 6.43. The molecule has 10 unspecified atom stereocenters. The van der Waals surface area contributed by atoms with Crippen molar-refractivity contribution >= 4 is 43.5 Å². The van der Waals surface area contributed by atoms with Gasteiger partial charge in [-0.1, -0.05) is 36.4 Å². The van der Waals surface area contributed by atoms with E-state index in [1.807, 2.05) is 82.9 Å². The molecule has 0 radical (unpaired) electrons. The average molecular weight is 701 g/mol. The molecular formula is C52H48N2+2. The predicted octanol–water partition coefficient (Wildman–Crippen LogP) is 10.8. The lowest BCUT2D eigenvalue weighted by molar-refractivity contribution is -0.907. The lowest BCUT2D eigenvalue weighted by atomic mass is 9.53. The van der Waals surface area contributed by atoms with E-state index < -0.39 is 0 Å². The van der Waals surface area contributed by atoms with Crippen LogP contribution in [0, 0.1) is 11.8 Å². The Labute approximate surface area is 317 Å². The van der Waals surface area contributed by atoms with Crippen LogP contribution in [0.5, 0.6) is 0 Å². The second kappa shape index (κ2) is 7.68. The summed E-state index contributed by atoms with van der Waals surface area (Å²) in [6.45, 7) is 3.64. The third-order valence-electron chi connectivity index (χ3n) is 19.1. The van der Waals surface area contributed by atoms with Crippen LogP contribution in [0.15, 0.2) is 42.0 Å². The monoisotopic (exact) mass is 700 g/mol. The molecule has 0 fully saturated rings. The van der Waals surface area contributed by atoms with E-state index in [1.54, 1.807) is 32.9 Å². The van der Waals surface area contributed by atoms with Crippen molar-refractivity contribution in [2.45, 2.75) is 91.9 Å². The van der Waals surface area contributed by atoms with Gasteiger partial charge in [-0.25, -0.2) is 0 Å². The van der Waals surface area contributed by atoms with E-state index in [0.29, 0.717) is 29.6 Å². The minimum atomic E-state index is 0.121. The summed E-state index contributed by atoms with van der Waals surface area (Å²) in [5.41, 5.74) is 29.9. The Morgan fingerprint density at radius 2 is 1.35 bits per heavy atom. The van der Waals surface area contributed by atoms with E-state index in [0.717, 1.165) is 39.2 Å². The second-order valence-electron chi connectivity index (χ2n) is 22.7. The average Bonchev–Trinajstić information content (AvgIpc) is 3.98. The summed E-state index contributed by atoms with van der Waals surface area (Å²) in [6, 6.07) is 11.5. The lowest BCUT2D eigenvalue weighted by Crippen LogP contribution is -2.56. The van der Waals surface area contributed by atoms with Crippen LogP contribution >= 0.6 is 0 Å². The number of benzene rings is 5. The van der Waals surface area contributed by atoms with Crippen LogP contribution in [-0.2, 0) is 12.0 Å². The zero-order chi connectivity index (χ0) is 35.0. The summed E-state index contributed by atoms with van der Waals surface area (Å²) in [4.78, 5) is 0. The van der Waals surface area contributed by atoms with Gasteiger partial charge < -0.3 is 8.97 Å². The van der Waals surface area contributed by atoms with Crippen LogP contribution in [0.25, 0.3) is 54.6 Å². The first-order chi connectivity index (χ1) is 26.2. The maximum Gasteiger partial charge on any atom is 0.104 e. The first-order valence-corrected chi connectivity index (χ1v) is 22.0. The van der Waals surface area contributed by atoms with E-state index in [4.69, 9.17) is 0 Å². The SMILES string of the molecule is C[N+](C)(C)CC1CC2C3CC4C5=CCC6c7c5c5c4c3c3c4c5c5c7c7c8c9c%10c%11c(c-4c95)C(=C1C%11CC%10C8CCC76)C32C[N+](C)(C)Cc1ccccc1. The van der Waals surface area contributed by atoms with Crippen molar-refractivity contribution in [2.24, 2.45) is 11.8 Å². The van der Waals surface area contributed by atoms with Crippen molar-refractivity contribution in [1.82, 2.24) is 0 Å². The summed E-state index contributed by atoms with van der Waals surface area (Å²) in [7, 11) is 12.7. The lowest BCUT2D eigenvalue weighted by Gasteiger charge is -2.52. The van der Waals surface area contributed by atoms with Crippen LogP contribution in [-0.4, -0.2) is 57.3 Å². The number of allylic oxidation sites excluding steroid dienone is 2. The molecule has 0 bridgehead atoms. The molecule has 0 saturated heterocycles. The Bertz CT molecular complexity index is 2980. The fraction of sp³-hybridized carbons (Fsp3) is 0.462. The highest BCUT2D eigenvalue weighted by Gasteiger charge is 2.71. The molecule has 54 heavy (non-hydrogen) atoms. The normalized spacial score (nSPS) is 36.3. The van der Waals surface area contributed by atoms with Crippen LogP contribution in [0.4, 0.5) is 0 Å². The van der Waals surface area contributed by atoms with Gasteiger partial charge in [0.15, 0.2) is 0 Å². The van der Waals surface area contributed by atoms with Gasteiger partial charge >= 0.3 is 0 Å². The summed E-state index contributed by atoms with van der Waals surface area (Å²) in [6.07, 6.45) is 11.2. The fourth-order valence-electron chi connectivity index (χ4n) is 18.8. The topological polar surface area (TPSA) is 0 Å². The molecule has 264 valence electrons. The number of nitrogens with zero attached hydrogens (tertiary/aromatic N) is 2. The Morgan fingerprint density at radius 1 is 0.611 bits per heavy atom. The van der Waals surface area contributed by atoms with E-state index in [2.05, 4.69) is 71.6 Å². The molecule has 0 amide bonds. The molecule has 0 aliphatic heterocycles. The van der Waals surface area contributed by atoms with E-state index in [1.165, 1.54) is 57.2 Å². The van der Waals surface area contributed by atoms with E-state index >= 15 is 0 Å². The van der Waals surface area contributed by atoms with Gasteiger partial charge in [0.25, 0.3) is 0 Å². The third-order valence-corrected chi connectivity index (χ3v) is 19.1. The molecular weight excluding hydrogens is 653 g/mol. The number of hydrogen-bond donors (Lipinski definition) is 0. The van der Waals surface area contributed by atoms with Crippen LogP contribution in [0.1, 0.15) is 141 Å². The summed E-state index contributed by atoms with van der Waals surface area (Å²) in [5, 5.41) is 10.9.